The minimum Gasteiger partial charge on any atom is -0.345 e. The summed E-state index contributed by atoms with van der Waals surface area (Å²) in [5.74, 6) is 1.87. The van der Waals surface area contributed by atoms with Crippen molar-refractivity contribution >= 4 is 5.91 Å². The van der Waals surface area contributed by atoms with Gasteiger partial charge in [0.25, 0.3) is 0 Å². The lowest BCUT2D eigenvalue weighted by Crippen LogP contribution is -2.44. The third-order valence-corrected chi connectivity index (χ3v) is 4.44. The Labute approximate surface area is 111 Å². The molecule has 2 aliphatic heterocycles. The molecule has 2 heterocycles. The topological polar surface area (TPSA) is 35.6 Å². The SMILES string of the molecule is CNCC1CCN(CC2CCC(=O)N(C)C2)CC1. The minimum atomic E-state index is 0.318. The van der Waals surface area contributed by atoms with E-state index in [0.29, 0.717) is 11.8 Å². The zero-order valence-corrected chi connectivity index (χ0v) is 11.8. The van der Waals surface area contributed by atoms with Gasteiger partial charge in [0.2, 0.25) is 5.91 Å². The van der Waals surface area contributed by atoms with E-state index in [1.165, 1.54) is 32.5 Å². The van der Waals surface area contributed by atoms with Crippen LogP contribution in [0.15, 0.2) is 0 Å². The van der Waals surface area contributed by atoms with E-state index in [-0.39, 0.29) is 0 Å². The Morgan fingerprint density at radius 1 is 1.22 bits per heavy atom. The number of carbonyl (C=O) groups is 1. The number of hydrogen-bond donors (Lipinski definition) is 1. The predicted molar refractivity (Wildman–Crippen MR) is 73.5 cm³/mol. The first kappa shape index (κ1) is 13.8. The summed E-state index contributed by atoms with van der Waals surface area (Å²) in [5.41, 5.74) is 0. The molecule has 2 fully saturated rings. The molecule has 0 spiro atoms. The monoisotopic (exact) mass is 253 g/mol. The summed E-state index contributed by atoms with van der Waals surface area (Å²) in [4.78, 5) is 16.0. The fraction of sp³-hybridized carbons (Fsp3) is 0.929. The quantitative estimate of drug-likeness (QED) is 0.804. The minimum absolute atomic E-state index is 0.318. The highest BCUT2D eigenvalue weighted by Gasteiger charge is 2.26. The number of piperidine rings is 2. The normalized spacial score (nSPS) is 27.8. The number of amides is 1. The van der Waals surface area contributed by atoms with Crippen molar-refractivity contribution in [2.45, 2.75) is 25.7 Å². The fourth-order valence-corrected chi connectivity index (χ4v) is 3.27. The van der Waals surface area contributed by atoms with Gasteiger partial charge >= 0.3 is 0 Å². The molecule has 0 aliphatic carbocycles. The summed E-state index contributed by atoms with van der Waals surface area (Å²) in [6.07, 6.45) is 4.47. The zero-order chi connectivity index (χ0) is 13.0. The molecule has 2 rings (SSSR count). The van der Waals surface area contributed by atoms with Gasteiger partial charge in [0.1, 0.15) is 0 Å². The Bertz CT molecular complexity index is 274. The van der Waals surface area contributed by atoms with E-state index >= 15 is 0 Å². The molecule has 18 heavy (non-hydrogen) atoms. The molecule has 0 bridgehead atoms. The Morgan fingerprint density at radius 3 is 2.56 bits per heavy atom. The maximum absolute atomic E-state index is 11.5. The van der Waals surface area contributed by atoms with E-state index in [9.17, 15) is 4.79 Å². The third kappa shape index (κ3) is 3.69. The molecular formula is C14H27N3O. The first-order chi connectivity index (χ1) is 8.69. The second-order valence-corrected chi connectivity index (χ2v) is 5.98. The van der Waals surface area contributed by atoms with Gasteiger partial charge in [-0.05, 0) is 57.8 Å². The Morgan fingerprint density at radius 2 is 1.94 bits per heavy atom. The molecule has 104 valence electrons. The van der Waals surface area contributed by atoms with Crippen molar-refractivity contribution in [2.75, 3.05) is 46.8 Å². The fourth-order valence-electron chi connectivity index (χ4n) is 3.27. The van der Waals surface area contributed by atoms with E-state index in [0.717, 1.165) is 31.8 Å². The van der Waals surface area contributed by atoms with Gasteiger partial charge < -0.3 is 15.1 Å². The van der Waals surface area contributed by atoms with Crippen LogP contribution in [0.3, 0.4) is 0 Å². The van der Waals surface area contributed by atoms with Crippen LogP contribution in [0.2, 0.25) is 0 Å². The summed E-state index contributed by atoms with van der Waals surface area (Å²) < 4.78 is 0. The lowest BCUT2D eigenvalue weighted by molar-refractivity contribution is -0.133. The van der Waals surface area contributed by atoms with Gasteiger partial charge in [0.15, 0.2) is 0 Å². The Hall–Kier alpha value is -0.610. The highest BCUT2D eigenvalue weighted by molar-refractivity contribution is 5.76. The molecule has 0 radical (unpaired) electrons. The number of hydrogen-bond acceptors (Lipinski definition) is 3. The lowest BCUT2D eigenvalue weighted by atomic mass is 9.93. The molecular weight excluding hydrogens is 226 g/mol. The van der Waals surface area contributed by atoms with Crippen LogP contribution in [-0.2, 0) is 4.79 Å². The van der Waals surface area contributed by atoms with Gasteiger partial charge in [-0.3, -0.25) is 4.79 Å². The molecule has 1 unspecified atom stereocenters. The molecule has 1 atom stereocenters. The third-order valence-electron chi connectivity index (χ3n) is 4.44. The number of rotatable bonds is 4. The maximum Gasteiger partial charge on any atom is 0.222 e. The number of nitrogens with one attached hydrogen (secondary N) is 1. The highest BCUT2D eigenvalue weighted by atomic mass is 16.2. The van der Waals surface area contributed by atoms with Crippen LogP contribution in [0, 0.1) is 11.8 Å². The van der Waals surface area contributed by atoms with Crippen molar-refractivity contribution in [3.63, 3.8) is 0 Å². The summed E-state index contributed by atoms with van der Waals surface area (Å²) in [6, 6.07) is 0. The first-order valence-corrected chi connectivity index (χ1v) is 7.30. The summed E-state index contributed by atoms with van der Waals surface area (Å²) in [6.45, 7) is 5.77. The summed E-state index contributed by atoms with van der Waals surface area (Å²) >= 11 is 0. The van der Waals surface area contributed by atoms with E-state index in [1.54, 1.807) is 0 Å². The molecule has 1 N–H and O–H groups in total. The Balaban J connectivity index is 1.70. The largest absolute Gasteiger partial charge is 0.345 e. The van der Waals surface area contributed by atoms with Gasteiger partial charge in [0, 0.05) is 26.6 Å². The molecule has 2 saturated heterocycles. The van der Waals surface area contributed by atoms with Gasteiger partial charge in [-0.15, -0.1) is 0 Å². The van der Waals surface area contributed by atoms with E-state index in [4.69, 9.17) is 0 Å². The second kappa shape index (κ2) is 6.53. The summed E-state index contributed by atoms with van der Waals surface area (Å²) in [7, 11) is 3.98. The Kier molecular flexibility index (Phi) is 5.01. The van der Waals surface area contributed by atoms with Crippen LogP contribution < -0.4 is 5.32 Å². The van der Waals surface area contributed by atoms with Crippen LogP contribution in [0.4, 0.5) is 0 Å². The van der Waals surface area contributed by atoms with Crippen LogP contribution in [0.1, 0.15) is 25.7 Å². The van der Waals surface area contributed by atoms with Gasteiger partial charge in [-0.25, -0.2) is 0 Å². The number of carbonyl (C=O) groups excluding carboxylic acids is 1. The molecule has 4 heteroatoms. The molecule has 2 aliphatic rings. The predicted octanol–water partition coefficient (Wildman–Crippen LogP) is 0.786. The molecule has 0 aromatic heterocycles. The van der Waals surface area contributed by atoms with E-state index in [2.05, 4.69) is 10.2 Å². The van der Waals surface area contributed by atoms with Crippen molar-refractivity contribution in [1.29, 1.82) is 0 Å². The summed E-state index contributed by atoms with van der Waals surface area (Å²) in [5, 5.41) is 3.28. The van der Waals surface area contributed by atoms with Crippen LogP contribution in [0.5, 0.6) is 0 Å². The zero-order valence-electron chi connectivity index (χ0n) is 11.8. The average molecular weight is 253 g/mol. The second-order valence-electron chi connectivity index (χ2n) is 5.98. The number of likely N-dealkylation sites (tertiary alicyclic amines) is 2. The smallest absolute Gasteiger partial charge is 0.222 e. The van der Waals surface area contributed by atoms with Crippen molar-refractivity contribution < 1.29 is 4.79 Å². The number of nitrogens with zero attached hydrogens (tertiary/aromatic N) is 2. The molecule has 0 saturated carbocycles. The van der Waals surface area contributed by atoms with E-state index < -0.39 is 0 Å². The van der Waals surface area contributed by atoms with Crippen LogP contribution >= 0.6 is 0 Å². The van der Waals surface area contributed by atoms with Crippen LogP contribution in [0.25, 0.3) is 0 Å². The van der Waals surface area contributed by atoms with Gasteiger partial charge in [-0.1, -0.05) is 0 Å². The van der Waals surface area contributed by atoms with Gasteiger partial charge in [-0.2, -0.15) is 0 Å². The first-order valence-electron chi connectivity index (χ1n) is 7.30. The maximum atomic E-state index is 11.5. The van der Waals surface area contributed by atoms with Crippen molar-refractivity contribution in [3.05, 3.63) is 0 Å². The van der Waals surface area contributed by atoms with Crippen molar-refractivity contribution in [3.8, 4) is 0 Å². The highest BCUT2D eigenvalue weighted by Crippen LogP contribution is 2.21. The van der Waals surface area contributed by atoms with E-state index in [1.807, 2.05) is 19.0 Å². The molecule has 1 amide bonds. The van der Waals surface area contributed by atoms with Crippen molar-refractivity contribution in [1.82, 2.24) is 15.1 Å². The molecule has 0 aromatic rings. The van der Waals surface area contributed by atoms with Crippen LogP contribution in [-0.4, -0.2) is 62.5 Å². The standard InChI is InChI=1S/C14H27N3O/c1-15-9-12-5-7-17(8-6-12)11-13-3-4-14(18)16(2)10-13/h12-13,15H,3-11H2,1-2H3. The van der Waals surface area contributed by atoms with Gasteiger partial charge in [0.05, 0.1) is 0 Å². The van der Waals surface area contributed by atoms with Crippen molar-refractivity contribution in [2.24, 2.45) is 11.8 Å². The average Bonchev–Trinajstić information content (AvgIpc) is 2.37. The lowest BCUT2D eigenvalue weighted by Gasteiger charge is -2.37. The molecule has 0 aromatic carbocycles. The molecule has 4 nitrogen and oxygen atoms in total.